The van der Waals surface area contributed by atoms with Gasteiger partial charge in [-0.1, -0.05) is 78.0 Å². The molecule has 0 nitrogen and oxygen atoms in total. The molecule has 1 heteroatoms. The number of allylic oxidation sites excluding steroid dienone is 8. The SMILES string of the molecule is CC1=[C-]C(C)(C)c2cc3c(cc21)-c1cc2c(cc1C3)C(C)(C)C=C2C.CC1=[C-]C(C)C=C1C.[CH2-]C.[CH2]=[Zr].[c-]1ccccc1. The molecule has 43 heavy (non-hydrogen) atoms. The van der Waals surface area contributed by atoms with Gasteiger partial charge >= 0.3 is 28.4 Å². The minimum Gasteiger partial charge on any atom is -0.184 e. The molecule has 4 aliphatic carbocycles. The Kier molecular flexibility index (Phi) is 11.7. The summed E-state index contributed by atoms with van der Waals surface area (Å²) >= 11 is 1.30. The summed E-state index contributed by atoms with van der Waals surface area (Å²) in [5.41, 5.74) is 17.3. The third-order valence-corrected chi connectivity index (χ3v) is 8.57. The number of hydrogen-bond acceptors (Lipinski definition) is 0. The summed E-state index contributed by atoms with van der Waals surface area (Å²) in [6.07, 6.45) is 12.7. The van der Waals surface area contributed by atoms with E-state index in [0.29, 0.717) is 5.92 Å². The van der Waals surface area contributed by atoms with Gasteiger partial charge in [-0.2, -0.15) is 55.0 Å². The summed E-state index contributed by atoms with van der Waals surface area (Å²) in [5.74, 6) is 0.551. The number of fused-ring (bicyclic) bond motifs is 5. The molecule has 0 saturated carbocycles. The molecule has 0 N–H and O–H groups in total. The van der Waals surface area contributed by atoms with Gasteiger partial charge in [0.05, 0.1) is 0 Å². The Morgan fingerprint density at radius 2 is 1.30 bits per heavy atom. The van der Waals surface area contributed by atoms with E-state index in [1.54, 1.807) is 6.92 Å². The van der Waals surface area contributed by atoms with Crippen LogP contribution in [-0.2, 0) is 41.5 Å². The first-order valence-electron chi connectivity index (χ1n) is 15.3. The second-order valence-corrected chi connectivity index (χ2v) is 12.7. The number of rotatable bonds is 0. The molecule has 1 unspecified atom stereocenters. The van der Waals surface area contributed by atoms with Crippen molar-refractivity contribution in [2.45, 2.75) is 86.5 Å². The molecule has 3 aromatic rings. The monoisotopic (exact) mass is 642 g/mol. The Hall–Kier alpha value is -2.63. The Bertz CT molecular complexity index is 1440. The van der Waals surface area contributed by atoms with Crippen LogP contribution in [-0.4, -0.2) is 4.21 Å². The summed E-state index contributed by atoms with van der Waals surface area (Å²) in [5, 5.41) is 0. The molecule has 0 saturated heterocycles. The zero-order valence-electron chi connectivity index (χ0n) is 28.0. The van der Waals surface area contributed by atoms with Crippen molar-refractivity contribution in [3.05, 3.63) is 136 Å². The van der Waals surface area contributed by atoms with Gasteiger partial charge in [0.25, 0.3) is 0 Å². The molecule has 0 aromatic heterocycles. The van der Waals surface area contributed by atoms with E-state index in [0.717, 1.165) is 6.42 Å². The predicted molar refractivity (Wildman–Crippen MR) is 185 cm³/mol. The second kappa shape index (κ2) is 14.4. The molecule has 0 radical (unpaired) electrons. The van der Waals surface area contributed by atoms with Gasteiger partial charge in [0.2, 0.25) is 0 Å². The normalized spacial score (nSPS) is 18.4. The average molecular weight is 644 g/mol. The molecular weight excluding hydrogens is 596 g/mol. The fraction of sp³-hybridized carbons (Fsp3) is 0.333. The summed E-state index contributed by atoms with van der Waals surface area (Å²) in [6, 6.07) is 22.3. The van der Waals surface area contributed by atoms with Crippen LogP contribution in [0.5, 0.6) is 0 Å². The summed E-state index contributed by atoms with van der Waals surface area (Å²) in [7, 11) is 0. The number of hydrogen-bond donors (Lipinski definition) is 0. The van der Waals surface area contributed by atoms with Crippen LogP contribution in [0.3, 0.4) is 0 Å². The summed E-state index contributed by atoms with van der Waals surface area (Å²) in [4.78, 5) is 0. The van der Waals surface area contributed by atoms with Crippen LogP contribution in [0.1, 0.15) is 103 Å². The fourth-order valence-electron chi connectivity index (χ4n) is 6.61. The zero-order valence-corrected chi connectivity index (χ0v) is 30.5. The first kappa shape index (κ1) is 34.9. The van der Waals surface area contributed by atoms with Crippen molar-refractivity contribution in [1.29, 1.82) is 0 Å². The van der Waals surface area contributed by atoms with Gasteiger partial charge in [0.15, 0.2) is 0 Å². The molecule has 1 atom stereocenters. The molecule has 3 aromatic carbocycles. The van der Waals surface area contributed by atoms with E-state index in [4.69, 9.17) is 0 Å². The number of benzene rings is 3. The molecule has 0 fully saturated rings. The maximum absolute atomic E-state index is 3.65. The van der Waals surface area contributed by atoms with Crippen LogP contribution < -0.4 is 0 Å². The Morgan fingerprint density at radius 3 is 1.74 bits per heavy atom. The van der Waals surface area contributed by atoms with Crippen molar-refractivity contribution in [2.75, 3.05) is 0 Å². The van der Waals surface area contributed by atoms with Crippen molar-refractivity contribution in [1.82, 2.24) is 0 Å². The van der Waals surface area contributed by atoms with Crippen LogP contribution >= 0.6 is 0 Å². The standard InChI is InChI=1S/C25H25.C8H11.C6H5.C2H5.CH2.Zr/c1-14-12-24(3,4)22-8-16-7-17-9-23-19(15(2)13-25(23,5)6)11-21(17)20(16)10-18(14)22;1-6-4-7(2)8(3)5-6;1-2-4-6-5-3-1;1-2;;/h8-12H,7H2,1-6H3;4,6H,1-3H3;1-5H;1H2,2H3;1H2;/q4*-1;;. The molecule has 0 heterocycles. The minimum atomic E-state index is 0.0340. The van der Waals surface area contributed by atoms with E-state index < -0.39 is 0 Å². The van der Waals surface area contributed by atoms with E-state index in [-0.39, 0.29) is 10.8 Å². The molecule has 0 aliphatic heterocycles. The van der Waals surface area contributed by atoms with Gasteiger partial charge in [-0.25, -0.2) is 16.7 Å². The van der Waals surface area contributed by atoms with E-state index in [1.165, 1.54) is 91.0 Å². The van der Waals surface area contributed by atoms with Gasteiger partial charge < -0.3 is 6.92 Å². The van der Waals surface area contributed by atoms with Gasteiger partial charge in [-0.05, 0) is 58.4 Å². The van der Waals surface area contributed by atoms with Crippen LogP contribution in [0, 0.1) is 31.1 Å². The molecule has 7 rings (SSSR count). The smallest absolute Gasteiger partial charge is 0.171 e. The van der Waals surface area contributed by atoms with E-state index >= 15 is 0 Å². The van der Waals surface area contributed by atoms with Crippen LogP contribution in [0.2, 0.25) is 0 Å². The van der Waals surface area contributed by atoms with Crippen molar-refractivity contribution in [3.8, 4) is 11.1 Å². The largest absolute Gasteiger partial charge is 0.184 e. The Morgan fingerprint density at radius 1 is 0.744 bits per heavy atom. The topological polar surface area (TPSA) is 0 Å². The van der Waals surface area contributed by atoms with Crippen LogP contribution in [0.25, 0.3) is 22.3 Å². The Labute approximate surface area is 278 Å². The third kappa shape index (κ3) is 7.55. The van der Waals surface area contributed by atoms with Crippen molar-refractivity contribution in [2.24, 2.45) is 5.92 Å². The quantitative estimate of drug-likeness (QED) is 0.167. The molecule has 4 aliphatic rings. The average Bonchev–Trinajstić information content (AvgIpc) is 3.64. The van der Waals surface area contributed by atoms with E-state index in [9.17, 15) is 0 Å². The minimum absolute atomic E-state index is 0.0340. The second-order valence-electron chi connectivity index (χ2n) is 12.7. The molecule has 224 valence electrons. The zero-order chi connectivity index (χ0) is 32.1. The van der Waals surface area contributed by atoms with Gasteiger partial charge in [-0.3, -0.25) is 12.2 Å². The van der Waals surface area contributed by atoms with Crippen LogP contribution in [0.15, 0.2) is 77.9 Å². The summed E-state index contributed by atoms with van der Waals surface area (Å²) < 4.78 is 3.34. The molecule has 0 bridgehead atoms. The van der Waals surface area contributed by atoms with Crippen molar-refractivity contribution < 1.29 is 24.2 Å². The van der Waals surface area contributed by atoms with E-state index in [2.05, 4.69) is 128 Å². The predicted octanol–water partition coefficient (Wildman–Crippen LogP) is 11.1. The maximum Gasteiger partial charge on any atom is -0.171 e. The first-order chi connectivity index (χ1) is 20.4. The molecule has 0 spiro atoms. The van der Waals surface area contributed by atoms with Crippen molar-refractivity contribution >= 4 is 15.4 Å². The molecule has 0 amide bonds. The van der Waals surface area contributed by atoms with Gasteiger partial charge in [0.1, 0.15) is 0 Å². The van der Waals surface area contributed by atoms with E-state index in [1.807, 2.05) is 30.3 Å². The van der Waals surface area contributed by atoms with Gasteiger partial charge in [-0.15, -0.1) is 18.6 Å². The first-order valence-corrected chi connectivity index (χ1v) is 17.0. The van der Waals surface area contributed by atoms with Gasteiger partial charge in [0, 0.05) is 5.41 Å². The molecular formula is C42H48Zr-4. The Balaban J connectivity index is 0.000000231. The van der Waals surface area contributed by atoms with Crippen LogP contribution in [0.4, 0.5) is 0 Å². The van der Waals surface area contributed by atoms with Crippen molar-refractivity contribution in [3.63, 3.8) is 0 Å². The summed E-state index contributed by atoms with van der Waals surface area (Å²) in [6.45, 7) is 25.1. The maximum atomic E-state index is 3.65. The fourth-order valence-corrected chi connectivity index (χ4v) is 6.61. The third-order valence-electron chi connectivity index (χ3n) is 8.57.